The summed E-state index contributed by atoms with van der Waals surface area (Å²) in [6, 6.07) is 4.19. The Hall–Kier alpha value is -2.15. The molecule has 1 aliphatic rings. The molecule has 2 rings (SSSR count). The Morgan fingerprint density at radius 3 is 2.95 bits per heavy atom. The lowest BCUT2D eigenvalue weighted by Gasteiger charge is -2.22. The van der Waals surface area contributed by atoms with Crippen LogP contribution in [-0.4, -0.2) is 30.1 Å². The van der Waals surface area contributed by atoms with Gasteiger partial charge in [-0.1, -0.05) is 6.07 Å². The number of nitrogens with zero attached hydrogens (tertiary/aromatic N) is 1. The van der Waals surface area contributed by atoms with Crippen LogP contribution in [0.4, 0.5) is 11.4 Å². The third-order valence-electron chi connectivity index (χ3n) is 3.29. The van der Waals surface area contributed by atoms with Crippen LogP contribution in [0.5, 0.6) is 0 Å². The van der Waals surface area contributed by atoms with Crippen LogP contribution in [0.2, 0.25) is 0 Å². The molecule has 0 bridgehead atoms. The molecule has 7 heteroatoms. The molecule has 0 aliphatic carbocycles. The zero-order valence-electron chi connectivity index (χ0n) is 11.0. The highest BCUT2D eigenvalue weighted by Gasteiger charge is 2.20. The van der Waals surface area contributed by atoms with Crippen molar-refractivity contribution in [3.05, 3.63) is 33.9 Å². The van der Waals surface area contributed by atoms with Crippen molar-refractivity contribution in [3.63, 3.8) is 0 Å². The standard InChI is InChI=1S/C13H17N3O4/c14-12-10(5-3-6-11(12)16(18)19)13(17)15-8-9-4-1-2-7-20-9/h3,5-6,9H,1-2,4,7-8,14H2,(H,15,17). The molecule has 20 heavy (non-hydrogen) atoms. The normalized spacial score (nSPS) is 18.5. The van der Waals surface area contributed by atoms with Gasteiger partial charge in [0.1, 0.15) is 5.69 Å². The predicted octanol–water partition coefficient (Wildman–Crippen LogP) is 1.48. The summed E-state index contributed by atoms with van der Waals surface area (Å²) in [5.74, 6) is -0.416. The minimum absolute atomic E-state index is 0.00706. The molecule has 0 aromatic heterocycles. The van der Waals surface area contributed by atoms with Gasteiger partial charge in [0.15, 0.2) is 0 Å². The third kappa shape index (κ3) is 3.24. The van der Waals surface area contributed by atoms with Gasteiger partial charge in [-0.3, -0.25) is 14.9 Å². The molecular weight excluding hydrogens is 262 g/mol. The van der Waals surface area contributed by atoms with E-state index in [0.717, 1.165) is 19.3 Å². The van der Waals surface area contributed by atoms with Gasteiger partial charge in [-0.05, 0) is 25.3 Å². The number of carbonyl (C=O) groups is 1. The fourth-order valence-electron chi connectivity index (χ4n) is 2.18. The molecule has 0 saturated carbocycles. The number of nitrogen functional groups attached to an aromatic ring is 1. The van der Waals surface area contributed by atoms with E-state index in [9.17, 15) is 14.9 Å². The number of nitrogens with one attached hydrogen (secondary N) is 1. The van der Waals surface area contributed by atoms with Gasteiger partial charge in [0.05, 0.1) is 16.6 Å². The first-order chi connectivity index (χ1) is 9.59. The predicted molar refractivity (Wildman–Crippen MR) is 73.4 cm³/mol. The van der Waals surface area contributed by atoms with E-state index in [0.29, 0.717) is 13.2 Å². The number of hydrogen-bond acceptors (Lipinski definition) is 5. The second kappa shape index (κ2) is 6.33. The van der Waals surface area contributed by atoms with E-state index in [1.807, 2.05) is 0 Å². The van der Waals surface area contributed by atoms with E-state index in [-0.39, 0.29) is 23.0 Å². The number of ether oxygens (including phenoxy) is 1. The molecule has 3 N–H and O–H groups in total. The van der Waals surface area contributed by atoms with Gasteiger partial charge < -0.3 is 15.8 Å². The minimum atomic E-state index is -0.601. The van der Waals surface area contributed by atoms with Crippen molar-refractivity contribution >= 4 is 17.3 Å². The number of benzene rings is 1. The summed E-state index contributed by atoms with van der Waals surface area (Å²) >= 11 is 0. The topological polar surface area (TPSA) is 107 Å². The molecule has 0 spiro atoms. The molecule has 1 fully saturated rings. The molecule has 1 atom stereocenters. The highest BCUT2D eigenvalue weighted by atomic mass is 16.6. The van der Waals surface area contributed by atoms with Gasteiger partial charge in [0.25, 0.3) is 11.6 Å². The molecule has 1 saturated heterocycles. The summed E-state index contributed by atoms with van der Waals surface area (Å²) in [6.07, 6.45) is 3.04. The molecular formula is C13H17N3O4. The third-order valence-corrected chi connectivity index (χ3v) is 3.29. The second-order valence-electron chi connectivity index (χ2n) is 4.69. The highest BCUT2D eigenvalue weighted by molar-refractivity contribution is 6.00. The summed E-state index contributed by atoms with van der Waals surface area (Å²) < 4.78 is 5.50. The first-order valence-corrected chi connectivity index (χ1v) is 6.52. The quantitative estimate of drug-likeness (QED) is 0.493. The van der Waals surface area contributed by atoms with Crippen molar-refractivity contribution in [2.45, 2.75) is 25.4 Å². The number of amides is 1. The van der Waals surface area contributed by atoms with Crippen LogP contribution in [0.3, 0.4) is 0 Å². The van der Waals surface area contributed by atoms with Crippen LogP contribution in [-0.2, 0) is 4.74 Å². The summed E-state index contributed by atoms with van der Waals surface area (Å²) in [4.78, 5) is 22.2. The van der Waals surface area contributed by atoms with Crippen molar-refractivity contribution in [1.82, 2.24) is 5.32 Å². The number of hydrogen-bond donors (Lipinski definition) is 2. The van der Waals surface area contributed by atoms with Crippen molar-refractivity contribution < 1.29 is 14.5 Å². The Morgan fingerprint density at radius 2 is 2.30 bits per heavy atom. The van der Waals surface area contributed by atoms with Gasteiger partial charge >= 0.3 is 0 Å². The fraction of sp³-hybridized carbons (Fsp3) is 0.462. The number of nitrogens with two attached hydrogens (primary N) is 1. The van der Waals surface area contributed by atoms with Crippen molar-refractivity contribution in [3.8, 4) is 0 Å². The first-order valence-electron chi connectivity index (χ1n) is 6.52. The molecule has 0 radical (unpaired) electrons. The minimum Gasteiger partial charge on any atom is -0.393 e. The van der Waals surface area contributed by atoms with Gasteiger partial charge in [0.2, 0.25) is 0 Å². The Labute approximate surface area is 116 Å². The smallest absolute Gasteiger partial charge is 0.292 e. The monoisotopic (exact) mass is 279 g/mol. The Bertz CT molecular complexity index is 512. The van der Waals surface area contributed by atoms with Gasteiger partial charge in [-0.25, -0.2) is 0 Å². The maximum absolute atomic E-state index is 12.0. The average molecular weight is 279 g/mol. The Balaban J connectivity index is 2.01. The molecule has 108 valence electrons. The van der Waals surface area contributed by atoms with Crippen LogP contribution >= 0.6 is 0 Å². The van der Waals surface area contributed by atoms with Gasteiger partial charge in [-0.2, -0.15) is 0 Å². The van der Waals surface area contributed by atoms with Crippen LogP contribution in [0.15, 0.2) is 18.2 Å². The summed E-state index contributed by atoms with van der Waals surface area (Å²) in [5.41, 5.74) is 5.41. The maximum Gasteiger partial charge on any atom is 0.292 e. The van der Waals surface area contributed by atoms with Crippen molar-refractivity contribution in [1.29, 1.82) is 0 Å². The van der Waals surface area contributed by atoms with Crippen molar-refractivity contribution in [2.24, 2.45) is 0 Å². The van der Waals surface area contributed by atoms with E-state index in [2.05, 4.69) is 5.32 Å². The number of nitro benzene ring substituents is 1. The van der Waals surface area contributed by atoms with Crippen LogP contribution in [0.1, 0.15) is 29.6 Å². The number of carbonyl (C=O) groups excluding carboxylic acids is 1. The largest absolute Gasteiger partial charge is 0.393 e. The zero-order chi connectivity index (χ0) is 14.5. The molecule has 1 unspecified atom stereocenters. The number of anilines is 1. The van der Waals surface area contributed by atoms with Crippen LogP contribution in [0, 0.1) is 10.1 Å². The lowest BCUT2D eigenvalue weighted by molar-refractivity contribution is -0.383. The lowest BCUT2D eigenvalue weighted by Crippen LogP contribution is -2.35. The van der Waals surface area contributed by atoms with E-state index < -0.39 is 10.8 Å². The number of para-hydroxylation sites is 1. The zero-order valence-corrected chi connectivity index (χ0v) is 11.0. The van der Waals surface area contributed by atoms with E-state index in [4.69, 9.17) is 10.5 Å². The molecule has 1 aromatic carbocycles. The average Bonchev–Trinajstić information content (AvgIpc) is 2.46. The molecule has 1 amide bonds. The second-order valence-corrected chi connectivity index (χ2v) is 4.69. The Morgan fingerprint density at radius 1 is 1.50 bits per heavy atom. The van der Waals surface area contributed by atoms with Gasteiger partial charge in [-0.15, -0.1) is 0 Å². The first kappa shape index (κ1) is 14.3. The van der Waals surface area contributed by atoms with E-state index in [1.165, 1.54) is 18.2 Å². The highest BCUT2D eigenvalue weighted by Crippen LogP contribution is 2.24. The maximum atomic E-state index is 12.0. The summed E-state index contributed by atoms with van der Waals surface area (Å²) in [7, 11) is 0. The molecule has 1 aromatic rings. The Kier molecular flexibility index (Phi) is 4.52. The van der Waals surface area contributed by atoms with E-state index in [1.54, 1.807) is 0 Å². The summed E-state index contributed by atoms with van der Waals surface area (Å²) in [6.45, 7) is 1.10. The molecule has 1 aliphatic heterocycles. The SMILES string of the molecule is Nc1c(C(=O)NCC2CCCCO2)cccc1[N+](=O)[O-]. The molecule has 7 nitrogen and oxygen atoms in total. The van der Waals surface area contributed by atoms with Crippen molar-refractivity contribution in [2.75, 3.05) is 18.9 Å². The number of rotatable bonds is 4. The van der Waals surface area contributed by atoms with Crippen LogP contribution < -0.4 is 11.1 Å². The van der Waals surface area contributed by atoms with E-state index >= 15 is 0 Å². The fourth-order valence-corrected chi connectivity index (χ4v) is 2.18. The van der Waals surface area contributed by atoms with Gasteiger partial charge in [0, 0.05) is 19.2 Å². The molecule has 1 heterocycles. The van der Waals surface area contributed by atoms with Crippen LogP contribution in [0.25, 0.3) is 0 Å². The summed E-state index contributed by atoms with van der Waals surface area (Å²) in [5, 5.41) is 13.5. The lowest BCUT2D eigenvalue weighted by atomic mass is 10.1. The number of nitro groups is 1.